The molecule has 7 atom stereocenters. The van der Waals surface area contributed by atoms with Gasteiger partial charge in [-0.05, 0) is 31.2 Å². The number of aliphatic hydroxyl groups is 2. The fraction of sp³-hybridized carbons (Fsp3) is 0.625. The number of likely N-dealkylation sites (tertiary alicyclic amines) is 1. The summed E-state index contributed by atoms with van der Waals surface area (Å²) < 4.78 is 0. The van der Waals surface area contributed by atoms with Crippen LogP contribution in [0.15, 0.2) is 35.5 Å². The molecular formula is C24H32N2O5. The Morgan fingerprint density at radius 3 is 2.42 bits per heavy atom. The number of fused-ring (bicyclic) bond motifs is 3. The lowest BCUT2D eigenvalue weighted by Crippen LogP contribution is -2.54. The zero-order chi connectivity index (χ0) is 22.3. The molecule has 2 N–H and O–H groups in total. The number of nitrogens with zero attached hydrogens (tertiary/aromatic N) is 2. The molecule has 0 radical (unpaired) electrons. The fourth-order valence-electron chi connectivity index (χ4n) is 5.53. The molecule has 2 amide bonds. The van der Waals surface area contributed by atoms with Gasteiger partial charge in [-0.25, -0.2) is 0 Å². The van der Waals surface area contributed by atoms with Gasteiger partial charge in [-0.15, -0.1) is 0 Å². The van der Waals surface area contributed by atoms with Gasteiger partial charge in [-0.2, -0.15) is 0 Å². The first-order valence-corrected chi connectivity index (χ1v) is 11.3. The zero-order valence-electron chi connectivity index (χ0n) is 18.3. The fourth-order valence-corrected chi connectivity index (χ4v) is 5.53. The molecule has 31 heavy (non-hydrogen) atoms. The number of oxime groups is 1. The van der Waals surface area contributed by atoms with Crippen molar-refractivity contribution in [2.75, 3.05) is 6.61 Å². The Kier molecular flexibility index (Phi) is 6.17. The van der Waals surface area contributed by atoms with Gasteiger partial charge < -0.3 is 15.1 Å². The maximum Gasteiger partial charge on any atom is 0.234 e. The number of benzene rings is 1. The minimum atomic E-state index is -1.06. The predicted octanol–water partition coefficient (Wildman–Crippen LogP) is 2.53. The van der Waals surface area contributed by atoms with E-state index in [1.807, 2.05) is 51.1 Å². The van der Waals surface area contributed by atoms with Crippen molar-refractivity contribution < 1.29 is 24.6 Å². The highest BCUT2D eigenvalue weighted by molar-refractivity contribution is 6.06. The van der Waals surface area contributed by atoms with Crippen molar-refractivity contribution >= 4 is 17.5 Å². The second-order valence-electron chi connectivity index (χ2n) is 9.56. The average molecular weight is 429 g/mol. The smallest absolute Gasteiger partial charge is 0.234 e. The van der Waals surface area contributed by atoms with Crippen LogP contribution in [-0.2, 0) is 14.4 Å². The van der Waals surface area contributed by atoms with Crippen molar-refractivity contribution in [3.05, 3.63) is 35.9 Å². The van der Waals surface area contributed by atoms with Crippen LogP contribution >= 0.6 is 0 Å². The summed E-state index contributed by atoms with van der Waals surface area (Å²) in [7, 11) is 0. The van der Waals surface area contributed by atoms with Gasteiger partial charge in [0.15, 0.2) is 0 Å². The number of imide groups is 1. The molecule has 1 heterocycles. The van der Waals surface area contributed by atoms with Crippen molar-refractivity contribution in [3.63, 3.8) is 0 Å². The molecule has 0 spiro atoms. The molecule has 4 rings (SSSR count). The number of amides is 2. The Labute approximate surface area is 183 Å². The summed E-state index contributed by atoms with van der Waals surface area (Å²) in [6, 6.07) is 9.12. The van der Waals surface area contributed by atoms with Gasteiger partial charge in [0.05, 0.1) is 35.8 Å². The van der Waals surface area contributed by atoms with Gasteiger partial charge in [0.25, 0.3) is 0 Å². The van der Waals surface area contributed by atoms with Crippen molar-refractivity contribution in [1.29, 1.82) is 0 Å². The largest absolute Gasteiger partial charge is 0.396 e. The summed E-state index contributed by atoms with van der Waals surface area (Å²) in [6.07, 6.45) is -0.646. The maximum absolute atomic E-state index is 13.5. The first kappa shape index (κ1) is 22.0. The zero-order valence-corrected chi connectivity index (χ0v) is 18.3. The van der Waals surface area contributed by atoms with Crippen LogP contribution in [0.3, 0.4) is 0 Å². The van der Waals surface area contributed by atoms with Crippen molar-refractivity contribution in [2.45, 2.75) is 58.3 Å². The third-order valence-electron chi connectivity index (χ3n) is 7.07. The number of rotatable bonds is 5. The van der Waals surface area contributed by atoms with Crippen molar-refractivity contribution in [2.24, 2.45) is 34.7 Å². The van der Waals surface area contributed by atoms with E-state index in [4.69, 9.17) is 4.84 Å². The summed E-state index contributed by atoms with van der Waals surface area (Å²) in [5.41, 5.74) is 1.59. The molecule has 0 bridgehead atoms. The second kappa shape index (κ2) is 8.71. The van der Waals surface area contributed by atoms with Crippen molar-refractivity contribution in [1.82, 2.24) is 4.90 Å². The lowest BCUT2D eigenvalue weighted by molar-refractivity contribution is -0.144. The van der Waals surface area contributed by atoms with E-state index in [9.17, 15) is 19.8 Å². The molecule has 1 aromatic rings. The molecule has 2 saturated carbocycles. The van der Waals surface area contributed by atoms with Gasteiger partial charge in [0.2, 0.25) is 11.8 Å². The molecule has 0 aromatic heterocycles. The van der Waals surface area contributed by atoms with Gasteiger partial charge >= 0.3 is 0 Å². The molecule has 1 aliphatic heterocycles. The summed E-state index contributed by atoms with van der Waals surface area (Å²) in [4.78, 5) is 33.6. The summed E-state index contributed by atoms with van der Waals surface area (Å²) in [5.74, 6) is -1.92. The Bertz CT molecular complexity index is 855. The molecule has 3 aliphatic rings. The monoisotopic (exact) mass is 428 g/mol. The van der Waals surface area contributed by atoms with E-state index in [1.165, 1.54) is 4.90 Å². The highest BCUT2D eigenvalue weighted by Crippen LogP contribution is 2.51. The number of aliphatic hydroxyl groups excluding tert-OH is 2. The van der Waals surface area contributed by atoms with Crippen LogP contribution in [0.5, 0.6) is 0 Å². The highest BCUT2D eigenvalue weighted by atomic mass is 16.6. The minimum absolute atomic E-state index is 0.171. The molecular weight excluding hydrogens is 396 g/mol. The molecule has 0 unspecified atom stereocenters. The van der Waals surface area contributed by atoms with Crippen LogP contribution < -0.4 is 0 Å². The van der Waals surface area contributed by atoms with E-state index in [0.717, 1.165) is 5.56 Å². The standard InChI is InChI=1S/C24H32N2O5/c1-13(2)12-31-25-18-11-19(27)22(28)20-16(18)9-10-17-21(20)24(30)26(23(17)29)14(3)15-7-5-4-6-8-15/h4-8,13-14,16-17,19-22,27-28H,9-12H2,1-3H3/b25-18-/t14-,16+,17-,19+,20-,21+,22+/m0/s1. The number of hydrogen-bond donors (Lipinski definition) is 2. The molecule has 1 saturated heterocycles. The Morgan fingerprint density at radius 1 is 1.06 bits per heavy atom. The van der Waals surface area contributed by atoms with Crippen LogP contribution in [0.25, 0.3) is 0 Å². The number of carbonyl (C=O) groups is 2. The Balaban J connectivity index is 1.62. The molecule has 3 fully saturated rings. The summed E-state index contributed by atoms with van der Waals surface area (Å²) >= 11 is 0. The second-order valence-corrected chi connectivity index (χ2v) is 9.56. The topological polar surface area (TPSA) is 99.4 Å². The lowest BCUT2D eigenvalue weighted by Gasteiger charge is -2.45. The van der Waals surface area contributed by atoms with Crippen molar-refractivity contribution in [3.8, 4) is 0 Å². The molecule has 2 aliphatic carbocycles. The number of hydrogen-bond acceptors (Lipinski definition) is 6. The van der Waals surface area contributed by atoms with Crippen LogP contribution in [0.4, 0.5) is 0 Å². The summed E-state index contributed by atoms with van der Waals surface area (Å²) in [6.45, 7) is 6.38. The molecule has 1 aromatic carbocycles. The van der Waals surface area contributed by atoms with Gasteiger partial charge in [-0.1, -0.05) is 49.3 Å². The molecule has 7 heteroatoms. The van der Waals surface area contributed by atoms with E-state index in [2.05, 4.69) is 5.16 Å². The van der Waals surface area contributed by atoms with Crippen LogP contribution in [-0.4, -0.2) is 51.5 Å². The van der Waals surface area contributed by atoms with E-state index < -0.39 is 30.0 Å². The SMILES string of the molecule is CC(C)CO/N=C1/C[C@@H](O)[C@@H](O)[C@@H]2[C@@H]3C(=O)N([C@@H](C)c4ccccc4)C(=O)[C@H]3CC[C@H]12. The molecule has 168 valence electrons. The van der Waals surface area contributed by atoms with Crippen LogP contribution in [0, 0.1) is 29.6 Å². The third-order valence-corrected chi connectivity index (χ3v) is 7.07. The normalized spacial score (nSPS) is 35.3. The predicted molar refractivity (Wildman–Crippen MR) is 115 cm³/mol. The van der Waals surface area contributed by atoms with Gasteiger partial charge in [-0.3, -0.25) is 14.5 Å². The minimum Gasteiger partial charge on any atom is -0.396 e. The summed E-state index contributed by atoms with van der Waals surface area (Å²) in [5, 5.41) is 25.7. The van der Waals surface area contributed by atoms with Gasteiger partial charge in [0, 0.05) is 18.3 Å². The van der Waals surface area contributed by atoms with E-state index >= 15 is 0 Å². The highest BCUT2D eigenvalue weighted by Gasteiger charge is 2.60. The van der Waals surface area contributed by atoms with E-state index in [-0.39, 0.29) is 30.2 Å². The first-order valence-electron chi connectivity index (χ1n) is 11.3. The van der Waals surface area contributed by atoms with E-state index in [0.29, 0.717) is 31.1 Å². The average Bonchev–Trinajstić information content (AvgIpc) is 3.01. The van der Waals surface area contributed by atoms with Crippen LogP contribution in [0.2, 0.25) is 0 Å². The Hall–Kier alpha value is -2.25. The van der Waals surface area contributed by atoms with Gasteiger partial charge in [0.1, 0.15) is 6.61 Å². The van der Waals surface area contributed by atoms with Crippen LogP contribution in [0.1, 0.15) is 51.6 Å². The lowest BCUT2D eigenvalue weighted by atomic mass is 9.60. The first-order chi connectivity index (χ1) is 14.8. The Morgan fingerprint density at radius 2 is 1.74 bits per heavy atom. The van der Waals surface area contributed by atoms with E-state index in [1.54, 1.807) is 0 Å². The third kappa shape index (κ3) is 3.89. The molecule has 7 nitrogen and oxygen atoms in total. The maximum atomic E-state index is 13.5. The quantitative estimate of drug-likeness (QED) is 0.555. The number of carbonyl (C=O) groups excluding carboxylic acids is 2.